The van der Waals surface area contributed by atoms with Gasteiger partial charge >= 0.3 is 0 Å². The number of aromatic nitrogens is 2. The Morgan fingerprint density at radius 1 is 1.42 bits per heavy atom. The van der Waals surface area contributed by atoms with Gasteiger partial charge in [0, 0.05) is 29.4 Å². The molecule has 19 heavy (non-hydrogen) atoms. The largest absolute Gasteiger partial charge is 0.324 e. The second-order valence-electron chi connectivity index (χ2n) is 4.75. The first-order chi connectivity index (χ1) is 8.90. The third kappa shape index (κ3) is 2.80. The molecule has 0 aliphatic carbocycles. The molecule has 0 aliphatic rings. The first kappa shape index (κ1) is 14.0. The lowest BCUT2D eigenvalue weighted by molar-refractivity contribution is 0.621. The van der Waals surface area contributed by atoms with Gasteiger partial charge in [0.15, 0.2) is 0 Å². The molecule has 0 aliphatic heterocycles. The summed E-state index contributed by atoms with van der Waals surface area (Å²) < 4.78 is 15.1. The van der Waals surface area contributed by atoms with E-state index < -0.39 is 0 Å². The molecule has 5 heteroatoms. The Kier molecular flexibility index (Phi) is 3.92. The SMILES string of the molecule is Cc1nn(C)c(C)c1C(N)Cc1cc(F)ccc1Cl. The van der Waals surface area contributed by atoms with Crippen molar-refractivity contribution in [2.75, 3.05) is 0 Å². The first-order valence-electron chi connectivity index (χ1n) is 6.09. The molecule has 0 amide bonds. The summed E-state index contributed by atoms with van der Waals surface area (Å²) in [6, 6.07) is 4.09. The van der Waals surface area contributed by atoms with Crippen molar-refractivity contribution in [2.45, 2.75) is 26.3 Å². The monoisotopic (exact) mass is 281 g/mol. The molecule has 1 heterocycles. The quantitative estimate of drug-likeness (QED) is 0.940. The fraction of sp³-hybridized carbons (Fsp3) is 0.357. The number of rotatable bonds is 3. The van der Waals surface area contributed by atoms with Gasteiger partial charge in [-0.3, -0.25) is 4.68 Å². The van der Waals surface area contributed by atoms with Crippen LogP contribution in [-0.4, -0.2) is 9.78 Å². The maximum atomic E-state index is 13.2. The highest BCUT2D eigenvalue weighted by Crippen LogP contribution is 2.26. The van der Waals surface area contributed by atoms with Crippen LogP contribution in [0.5, 0.6) is 0 Å². The van der Waals surface area contributed by atoms with E-state index in [4.69, 9.17) is 17.3 Å². The zero-order valence-electron chi connectivity index (χ0n) is 11.2. The van der Waals surface area contributed by atoms with E-state index in [1.165, 1.54) is 12.1 Å². The van der Waals surface area contributed by atoms with Crippen molar-refractivity contribution in [2.24, 2.45) is 12.8 Å². The van der Waals surface area contributed by atoms with Gasteiger partial charge in [0.1, 0.15) is 5.82 Å². The number of hydrogen-bond donors (Lipinski definition) is 1. The summed E-state index contributed by atoms with van der Waals surface area (Å²) in [4.78, 5) is 0. The van der Waals surface area contributed by atoms with E-state index in [2.05, 4.69) is 5.10 Å². The first-order valence-corrected chi connectivity index (χ1v) is 6.47. The predicted octanol–water partition coefficient (Wildman–Crippen LogP) is 3.07. The van der Waals surface area contributed by atoms with Crippen molar-refractivity contribution >= 4 is 11.6 Å². The Balaban J connectivity index is 2.30. The molecule has 2 N–H and O–H groups in total. The number of benzene rings is 1. The van der Waals surface area contributed by atoms with Gasteiger partial charge in [0.2, 0.25) is 0 Å². The molecule has 1 aromatic carbocycles. The molecule has 0 fully saturated rings. The van der Waals surface area contributed by atoms with Crippen LogP contribution in [0.15, 0.2) is 18.2 Å². The minimum absolute atomic E-state index is 0.243. The summed E-state index contributed by atoms with van der Waals surface area (Å²) >= 11 is 6.07. The average molecular weight is 282 g/mol. The fourth-order valence-corrected chi connectivity index (χ4v) is 2.56. The minimum atomic E-state index is -0.300. The van der Waals surface area contributed by atoms with Gasteiger partial charge in [-0.1, -0.05) is 11.6 Å². The van der Waals surface area contributed by atoms with E-state index in [1.807, 2.05) is 20.9 Å². The van der Waals surface area contributed by atoms with Crippen molar-refractivity contribution in [3.63, 3.8) is 0 Å². The Bertz CT molecular complexity index is 607. The van der Waals surface area contributed by atoms with Crippen molar-refractivity contribution in [1.29, 1.82) is 0 Å². The van der Waals surface area contributed by atoms with Crippen molar-refractivity contribution < 1.29 is 4.39 Å². The van der Waals surface area contributed by atoms with Crippen LogP contribution in [0.1, 0.15) is 28.6 Å². The van der Waals surface area contributed by atoms with Gasteiger partial charge in [0.05, 0.1) is 5.69 Å². The molecule has 102 valence electrons. The molecule has 2 aromatic rings. The highest BCUT2D eigenvalue weighted by atomic mass is 35.5. The molecule has 0 saturated heterocycles. The van der Waals surface area contributed by atoms with E-state index in [1.54, 1.807) is 10.7 Å². The van der Waals surface area contributed by atoms with E-state index in [9.17, 15) is 4.39 Å². The van der Waals surface area contributed by atoms with E-state index in [0.717, 1.165) is 22.5 Å². The zero-order chi connectivity index (χ0) is 14.2. The minimum Gasteiger partial charge on any atom is -0.324 e. The lowest BCUT2D eigenvalue weighted by Crippen LogP contribution is -2.15. The van der Waals surface area contributed by atoms with Crippen molar-refractivity contribution in [3.05, 3.63) is 51.6 Å². The number of halogens is 2. The Morgan fingerprint density at radius 3 is 2.68 bits per heavy atom. The van der Waals surface area contributed by atoms with Crippen LogP contribution < -0.4 is 5.73 Å². The van der Waals surface area contributed by atoms with E-state index in [-0.39, 0.29) is 11.9 Å². The maximum absolute atomic E-state index is 13.2. The van der Waals surface area contributed by atoms with E-state index >= 15 is 0 Å². The molecule has 3 nitrogen and oxygen atoms in total. The van der Waals surface area contributed by atoms with Gasteiger partial charge in [-0.25, -0.2) is 4.39 Å². The van der Waals surface area contributed by atoms with Crippen molar-refractivity contribution in [1.82, 2.24) is 9.78 Å². The standard InChI is InChI=1S/C14H17ClFN3/c1-8-14(9(2)19(3)18-8)13(17)7-10-6-11(16)4-5-12(10)15/h4-6,13H,7,17H2,1-3H3. The Labute approximate surface area is 117 Å². The smallest absolute Gasteiger partial charge is 0.123 e. The van der Waals surface area contributed by atoms with Gasteiger partial charge in [-0.15, -0.1) is 0 Å². The van der Waals surface area contributed by atoms with Crippen LogP contribution in [0.3, 0.4) is 0 Å². The highest BCUT2D eigenvalue weighted by molar-refractivity contribution is 6.31. The molecular formula is C14H17ClFN3. The lowest BCUT2D eigenvalue weighted by Gasteiger charge is -2.14. The van der Waals surface area contributed by atoms with Crippen LogP contribution in [0.25, 0.3) is 0 Å². The van der Waals surface area contributed by atoms with Crippen LogP contribution >= 0.6 is 11.6 Å². The molecule has 2 rings (SSSR count). The zero-order valence-corrected chi connectivity index (χ0v) is 12.0. The van der Waals surface area contributed by atoms with Crippen LogP contribution in [0.4, 0.5) is 4.39 Å². The van der Waals surface area contributed by atoms with Gasteiger partial charge < -0.3 is 5.73 Å². The molecule has 1 atom stereocenters. The third-order valence-corrected chi connectivity index (χ3v) is 3.75. The second kappa shape index (κ2) is 5.31. The second-order valence-corrected chi connectivity index (χ2v) is 5.16. The fourth-order valence-electron chi connectivity index (χ4n) is 2.37. The Hall–Kier alpha value is -1.39. The summed E-state index contributed by atoms with van der Waals surface area (Å²) in [7, 11) is 1.88. The van der Waals surface area contributed by atoms with E-state index in [0.29, 0.717) is 11.4 Å². The number of aryl methyl sites for hydroxylation is 2. The highest BCUT2D eigenvalue weighted by Gasteiger charge is 2.18. The number of nitrogens with two attached hydrogens (primary N) is 1. The van der Waals surface area contributed by atoms with Crippen LogP contribution in [0, 0.1) is 19.7 Å². The molecule has 1 unspecified atom stereocenters. The van der Waals surface area contributed by atoms with Crippen LogP contribution in [-0.2, 0) is 13.5 Å². The molecule has 0 saturated carbocycles. The molecular weight excluding hydrogens is 265 g/mol. The molecule has 0 radical (unpaired) electrons. The summed E-state index contributed by atoms with van der Waals surface area (Å²) in [5.41, 5.74) is 9.88. The molecule has 0 bridgehead atoms. The van der Waals surface area contributed by atoms with Gasteiger partial charge in [0.25, 0.3) is 0 Å². The van der Waals surface area contributed by atoms with Gasteiger partial charge in [-0.05, 0) is 44.0 Å². The summed E-state index contributed by atoms with van der Waals surface area (Å²) in [6.07, 6.45) is 0.490. The molecule has 0 spiro atoms. The maximum Gasteiger partial charge on any atom is 0.123 e. The summed E-state index contributed by atoms with van der Waals surface area (Å²) in [5, 5.41) is 4.88. The summed E-state index contributed by atoms with van der Waals surface area (Å²) in [6.45, 7) is 3.90. The summed E-state index contributed by atoms with van der Waals surface area (Å²) in [5.74, 6) is -0.300. The Morgan fingerprint density at radius 2 is 2.11 bits per heavy atom. The lowest BCUT2D eigenvalue weighted by atomic mass is 9.98. The van der Waals surface area contributed by atoms with Crippen molar-refractivity contribution in [3.8, 4) is 0 Å². The average Bonchev–Trinajstić information content (AvgIpc) is 2.58. The number of nitrogens with zero attached hydrogens (tertiary/aromatic N) is 2. The third-order valence-electron chi connectivity index (χ3n) is 3.38. The number of hydrogen-bond acceptors (Lipinski definition) is 2. The predicted molar refractivity (Wildman–Crippen MR) is 74.7 cm³/mol. The topological polar surface area (TPSA) is 43.8 Å². The molecule has 1 aromatic heterocycles. The van der Waals surface area contributed by atoms with Crippen LogP contribution in [0.2, 0.25) is 5.02 Å². The normalized spacial score (nSPS) is 12.7. The van der Waals surface area contributed by atoms with Gasteiger partial charge in [-0.2, -0.15) is 5.10 Å².